The molecule has 0 aliphatic carbocycles. The summed E-state index contributed by atoms with van der Waals surface area (Å²) in [6.07, 6.45) is 5.95. The number of carbonyl (C=O) groups is 1. The third-order valence-corrected chi connectivity index (χ3v) is 6.12. The molecule has 5 rings (SSSR count). The molecule has 0 bridgehead atoms. The third kappa shape index (κ3) is 4.53. The fourth-order valence-corrected chi connectivity index (χ4v) is 4.30. The zero-order valence-corrected chi connectivity index (χ0v) is 18.6. The number of morpholine rings is 1. The number of rotatable bonds is 4. The van der Waals surface area contributed by atoms with Crippen LogP contribution < -0.4 is 16.0 Å². The SMILES string of the molecule is BN1CCc2cc(-c3cnc(N)c(C(=O)Nc4cnccc4N4CCOCC4)n3)ccc2C1. The standard InChI is InChI=1S/C23H26BN7O2/c24-31-6-4-15-11-16(1-2-17(15)14-31)18-13-27-22(25)21(28-18)23(32)29-19-12-26-5-3-20(19)30-7-9-33-10-8-30/h1-3,5,11-13H,4,6-10,14,24H2,(H2,25,27)(H,29,32). The van der Waals surface area contributed by atoms with Gasteiger partial charge in [-0.1, -0.05) is 12.1 Å². The van der Waals surface area contributed by atoms with Crippen LogP contribution in [0.1, 0.15) is 21.6 Å². The van der Waals surface area contributed by atoms with Crippen molar-refractivity contribution in [3.05, 3.63) is 59.7 Å². The van der Waals surface area contributed by atoms with Gasteiger partial charge in [0.15, 0.2) is 19.5 Å². The van der Waals surface area contributed by atoms with E-state index in [9.17, 15) is 4.79 Å². The van der Waals surface area contributed by atoms with Crippen molar-refractivity contribution >= 4 is 31.1 Å². The Balaban J connectivity index is 1.41. The van der Waals surface area contributed by atoms with Gasteiger partial charge in [-0.15, -0.1) is 0 Å². The van der Waals surface area contributed by atoms with Gasteiger partial charge >= 0.3 is 0 Å². The molecule has 0 radical (unpaired) electrons. The quantitative estimate of drug-likeness (QED) is 0.578. The van der Waals surface area contributed by atoms with Gasteiger partial charge in [-0.2, -0.15) is 0 Å². The number of aromatic nitrogens is 3. The maximum Gasteiger partial charge on any atom is 0.278 e. The van der Waals surface area contributed by atoms with E-state index in [1.165, 1.54) is 11.1 Å². The van der Waals surface area contributed by atoms with E-state index >= 15 is 0 Å². The molecule has 4 heterocycles. The van der Waals surface area contributed by atoms with Crippen LogP contribution in [0.4, 0.5) is 17.2 Å². The lowest BCUT2D eigenvalue weighted by atomic mass is 9.95. The number of amides is 1. The van der Waals surface area contributed by atoms with Gasteiger partial charge in [0.2, 0.25) is 0 Å². The average Bonchev–Trinajstić information content (AvgIpc) is 2.85. The summed E-state index contributed by atoms with van der Waals surface area (Å²) in [5.41, 5.74) is 11.8. The van der Waals surface area contributed by atoms with Crippen LogP contribution >= 0.6 is 0 Å². The number of nitrogens with one attached hydrogen (secondary N) is 1. The number of anilines is 3. The molecule has 2 aromatic heterocycles. The first-order valence-corrected chi connectivity index (χ1v) is 11.1. The highest BCUT2D eigenvalue weighted by atomic mass is 16.5. The minimum Gasteiger partial charge on any atom is -0.382 e. The molecule has 3 N–H and O–H groups in total. The number of hydrogen-bond donors (Lipinski definition) is 2. The van der Waals surface area contributed by atoms with Gasteiger partial charge in [0, 0.05) is 31.4 Å². The van der Waals surface area contributed by atoms with E-state index in [1.807, 2.05) is 12.1 Å². The first kappa shape index (κ1) is 21.4. The molecule has 0 saturated carbocycles. The Labute approximate surface area is 193 Å². The van der Waals surface area contributed by atoms with Crippen LogP contribution in [0, 0.1) is 0 Å². The van der Waals surface area contributed by atoms with Crippen molar-refractivity contribution in [1.29, 1.82) is 0 Å². The molecular weight excluding hydrogens is 417 g/mol. The summed E-state index contributed by atoms with van der Waals surface area (Å²) in [7, 11) is 2.12. The largest absolute Gasteiger partial charge is 0.382 e. The first-order chi connectivity index (χ1) is 16.1. The Kier molecular flexibility index (Phi) is 5.93. The smallest absolute Gasteiger partial charge is 0.278 e. The third-order valence-electron chi connectivity index (χ3n) is 6.12. The van der Waals surface area contributed by atoms with Gasteiger partial charge < -0.3 is 25.5 Å². The van der Waals surface area contributed by atoms with Gasteiger partial charge in [0.25, 0.3) is 5.91 Å². The van der Waals surface area contributed by atoms with Gasteiger partial charge in [-0.3, -0.25) is 9.78 Å². The second kappa shape index (κ2) is 9.17. The Morgan fingerprint density at radius 3 is 2.82 bits per heavy atom. The minimum absolute atomic E-state index is 0.0904. The molecule has 0 unspecified atom stereocenters. The molecule has 0 spiro atoms. The molecule has 9 nitrogen and oxygen atoms in total. The highest BCUT2D eigenvalue weighted by Crippen LogP contribution is 2.28. The molecule has 10 heteroatoms. The number of hydrogen-bond acceptors (Lipinski definition) is 8. The summed E-state index contributed by atoms with van der Waals surface area (Å²) < 4.78 is 5.44. The average molecular weight is 443 g/mol. The summed E-state index contributed by atoms with van der Waals surface area (Å²) in [6.45, 7) is 4.75. The van der Waals surface area contributed by atoms with E-state index in [0.29, 0.717) is 24.6 Å². The van der Waals surface area contributed by atoms with Crippen LogP contribution in [0.3, 0.4) is 0 Å². The van der Waals surface area contributed by atoms with Crippen molar-refractivity contribution in [2.24, 2.45) is 0 Å². The fourth-order valence-electron chi connectivity index (χ4n) is 4.30. The van der Waals surface area contributed by atoms with E-state index in [-0.39, 0.29) is 11.5 Å². The topological polar surface area (TPSA) is 110 Å². The summed E-state index contributed by atoms with van der Waals surface area (Å²) in [6, 6.07) is 8.18. The van der Waals surface area contributed by atoms with Crippen molar-refractivity contribution in [2.75, 3.05) is 48.8 Å². The molecule has 2 aliphatic heterocycles. The number of fused-ring (bicyclic) bond motifs is 1. The molecular formula is C23H26BN7O2. The van der Waals surface area contributed by atoms with Crippen LogP contribution in [-0.4, -0.2) is 66.5 Å². The molecule has 2 aliphatic rings. The Bertz CT molecular complexity index is 1180. The number of ether oxygens (including phenoxy) is 1. The zero-order valence-electron chi connectivity index (χ0n) is 18.6. The number of nitrogens with zero attached hydrogens (tertiary/aromatic N) is 5. The lowest BCUT2D eigenvalue weighted by Gasteiger charge is -2.30. The lowest BCUT2D eigenvalue weighted by molar-refractivity contribution is 0.102. The lowest BCUT2D eigenvalue weighted by Crippen LogP contribution is -2.36. The summed E-state index contributed by atoms with van der Waals surface area (Å²) >= 11 is 0. The van der Waals surface area contributed by atoms with Crippen molar-refractivity contribution in [2.45, 2.75) is 13.0 Å². The molecule has 1 fully saturated rings. The second-order valence-corrected chi connectivity index (χ2v) is 8.41. The Morgan fingerprint density at radius 1 is 1.12 bits per heavy atom. The normalized spacial score (nSPS) is 16.3. The van der Waals surface area contributed by atoms with Gasteiger partial charge in [-0.05, 0) is 36.2 Å². The zero-order chi connectivity index (χ0) is 22.8. The van der Waals surface area contributed by atoms with Crippen LogP contribution in [0.2, 0.25) is 0 Å². The highest BCUT2D eigenvalue weighted by molar-refractivity contribution is 6.07. The van der Waals surface area contributed by atoms with Crippen molar-refractivity contribution in [3.63, 3.8) is 0 Å². The molecule has 3 aromatic rings. The van der Waals surface area contributed by atoms with Crippen LogP contribution in [0.15, 0.2) is 42.9 Å². The maximum absolute atomic E-state index is 13.2. The van der Waals surface area contributed by atoms with E-state index in [4.69, 9.17) is 10.5 Å². The van der Waals surface area contributed by atoms with E-state index < -0.39 is 5.91 Å². The van der Waals surface area contributed by atoms with E-state index in [2.05, 4.69) is 50.1 Å². The fraction of sp³-hybridized carbons (Fsp3) is 0.304. The molecule has 1 amide bonds. The first-order valence-electron chi connectivity index (χ1n) is 11.1. The van der Waals surface area contributed by atoms with Gasteiger partial charge in [-0.25, -0.2) is 9.97 Å². The Hall–Kier alpha value is -3.50. The Morgan fingerprint density at radius 2 is 1.97 bits per heavy atom. The predicted octanol–water partition coefficient (Wildman–Crippen LogP) is 1.12. The minimum atomic E-state index is -0.413. The van der Waals surface area contributed by atoms with E-state index in [1.54, 1.807) is 18.6 Å². The molecule has 168 valence electrons. The number of pyridine rings is 1. The van der Waals surface area contributed by atoms with Crippen LogP contribution in [-0.2, 0) is 17.7 Å². The summed E-state index contributed by atoms with van der Waals surface area (Å²) in [5, 5.41) is 2.93. The monoisotopic (exact) mass is 443 g/mol. The van der Waals surface area contributed by atoms with E-state index in [0.717, 1.165) is 43.9 Å². The maximum atomic E-state index is 13.2. The van der Waals surface area contributed by atoms with Crippen LogP contribution in [0.25, 0.3) is 11.3 Å². The van der Waals surface area contributed by atoms with Crippen molar-refractivity contribution in [3.8, 4) is 11.3 Å². The molecule has 0 atom stereocenters. The molecule has 33 heavy (non-hydrogen) atoms. The highest BCUT2D eigenvalue weighted by Gasteiger charge is 2.20. The molecule has 1 saturated heterocycles. The predicted molar refractivity (Wildman–Crippen MR) is 130 cm³/mol. The van der Waals surface area contributed by atoms with Gasteiger partial charge in [0.1, 0.15) is 0 Å². The number of carbonyl (C=O) groups excluding carboxylic acids is 1. The second-order valence-electron chi connectivity index (χ2n) is 8.41. The van der Waals surface area contributed by atoms with Crippen molar-refractivity contribution < 1.29 is 9.53 Å². The van der Waals surface area contributed by atoms with Crippen LogP contribution in [0.5, 0.6) is 0 Å². The van der Waals surface area contributed by atoms with Gasteiger partial charge in [0.05, 0.1) is 42.7 Å². The number of nitrogens with two attached hydrogens (primary N) is 1. The molecule has 1 aromatic carbocycles. The van der Waals surface area contributed by atoms with Crippen molar-refractivity contribution in [1.82, 2.24) is 19.8 Å². The number of nitrogen functional groups attached to an aromatic ring is 1. The summed E-state index contributed by atoms with van der Waals surface area (Å²) in [4.78, 5) is 30.6. The summed E-state index contributed by atoms with van der Waals surface area (Å²) in [5.74, 6) is -0.323. The number of benzene rings is 1.